The van der Waals surface area contributed by atoms with Crippen LogP contribution in [0.2, 0.25) is 5.28 Å². The highest BCUT2D eigenvalue weighted by molar-refractivity contribution is 7.03. The number of alkyl carbamates (subject to hydrolysis) is 2. The number of nitrogens with one attached hydrogen (secondary N) is 3. The van der Waals surface area contributed by atoms with Crippen molar-refractivity contribution >= 4 is 49.9 Å². The van der Waals surface area contributed by atoms with Gasteiger partial charge in [-0.2, -0.15) is 0 Å². The number of ether oxygens (including phenoxy) is 2. The number of carbonyl (C=O) groups is 2. The molecule has 0 aliphatic heterocycles. The number of aromatic nitrogens is 4. The van der Waals surface area contributed by atoms with Gasteiger partial charge >= 0.3 is 12.2 Å². The van der Waals surface area contributed by atoms with Crippen molar-refractivity contribution in [2.75, 3.05) is 12.4 Å². The summed E-state index contributed by atoms with van der Waals surface area (Å²) < 4.78 is 42.1. The minimum atomic E-state index is -0.526. The summed E-state index contributed by atoms with van der Waals surface area (Å²) in [7, 11) is 4.47. The largest absolute Gasteiger partial charge is 0.444 e. The van der Waals surface area contributed by atoms with Crippen LogP contribution >= 0.6 is 20.6 Å². The lowest BCUT2D eigenvalue weighted by molar-refractivity contribution is 0.0479. The second kappa shape index (κ2) is 23.9. The summed E-state index contributed by atoms with van der Waals surface area (Å²) >= 11 is 5.71. The average Bonchev–Trinajstić information content (AvgIpc) is 3.87. The lowest BCUT2D eigenvalue weighted by atomic mass is 9.91. The van der Waals surface area contributed by atoms with Crippen molar-refractivity contribution in [3.63, 3.8) is 0 Å². The molecular formula is C49H63ClF2N9O4P. The summed E-state index contributed by atoms with van der Waals surface area (Å²) in [6.45, 7) is 11.1. The predicted octanol–water partition coefficient (Wildman–Crippen LogP) is 10.8. The minimum absolute atomic E-state index is 0.0189. The molecule has 0 unspecified atom stereocenters. The lowest BCUT2D eigenvalue weighted by Gasteiger charge is -2.31. The van der Waals surface area contributed by atoms with Crippen molar-refractivity contribution in [2.24, 2.45) is 10.5 Å². The van der Waals surface area contributed by atoms with Crippen molar-refractivity contribution in [1.82, 2.24) is 30.6 Å². The number of allylic oxidation sites excluding steroid dienone is 2. The first kappa shape index (κ1) is 51.6. The first-order valence-corrected chi connectivity index (χ1v) is 23.2. The van der Waals surface area contributed by atoms with Gasteiger partial charge in [0.1, 0.15) is 22.6 Å². The summed E-state index contributed by atoms with van der Waals surface area (Å²) in [6, 6.07) is 16.4. The molecule has 2 aromatic heterocycles. The van der Waals surface area contributed by atoms with E-state index in [0.717, 1.165) is 92.7 Å². The number of nitrogens with two attached hydrogens (primary N) is 1. The molecule has 0 radical (unpaired) electrons. The number of fused-ring (bicyclic) bond motifs is 2. The van der Waals surface area contributed by atoms with Crippen molar-refractivity contribution < 1.29 is 27.8 Å². The van der Waals surface area contributed by atoms with Gasteiger partial charge in [-0.3, -0.25) is 4.74 Å². The highest BCUT2D eigenvalue weighted by Gasteiger charge is 2.28. The quantitative estimate of drug-likeness (QED) is 0.107. The van der Waals surface area contributed by atoms with Crippen LogP contribution in [-0.2, 0) is 22.3 Å². The standard InChI is InChI=1S/C24H29FN4O2.C13H8ClFN2.C11H22N2O2.CH4NP/c1-24(2,3)31-23(30)28-17-9-6-8-16(13-17)27-22-26-14-20(25)21(29-22)19-12-11-15-7-4-5-10-18(15)19;14-13-16-7-11(15)12(17-13)10-6-5-8-3-1-2-4-9(8)10;1-11(2,3)15-10(14)13-9-6-4-5-8(12)7-9;1-2-3/h4-5,7,10,12,14,16-17H,6,8-9,11,13H2,1-3H3,(H,28,30)(H,26,27,29);1-4,6-7H,5H2;8-9H,4-7,12H2,1-3H3,(H,13,14);3H,1H3/t16-,17+;;8-,9+;/m1.1./s1. The van der Waals surface area contributed by atoms with E-state index in [1.54, 1.807) is 7.05 Å². The molecule has 2 saturated carbocycles. The van der Waals surface area contributed by atoms with Crippen molar-refractivity contribution in [2.45, 2.75) is 141 Å². The Kier molecular flexibility index (Phi) is 18.7. The smallest absolute Gasteiger partial charge is 0.407 e. The van der Waals surface area contributed by atoms with Crippen molar-refractivity contribution in [3.05, 3.63) is 124 Å². The molecule has 4 aliphatic carbocycles. The predicted molar refractivity (Wildman–Crippen MR) is 259 cm³/mol. The lowest BCUT2D eigenvalue weighted by Crippen LogP contribution is -2.44. The maximum absolute atomic E-state index is 14.6. The Balaban J connectivity index is 0.000000197. The number of halogens is 3. The first-order valence-electron chi connectivity index (χ1n) is 22.4. The summed E-state index contributed by atoms with van der Waals surface area (Å²) in [5.41, 5.74) is 11.5. The normalized spacial score (nSPS) is 19.5. The van der Waals surface area contributed by atoms with E-state index < -0.39 is 28.9 Å². The van der Waals surface area contributed by atoms with Crippen molar-refractivity contribution in [3.8, 4) is 0 Å². The Bertz CT molecular complexity index is 2370. The van der Waals surface area contributed by atoms with Gasteiger partial charge in [0.15, 0.2) is 11.6 Å². The third-order valence-electron chi connectivity index (χ3n) is 10.8. The van der Waals surface area contributed by atoms with E-state index in [4.69, 9.17) is 26.8 Å². The van der Waals surface area contributed by atoms with E-state index in [1.807, 2.05) is 96.2 Å². The van der Waals surface area contributed by atoms with Crippen LogP contribution < -0.4 is 21.7 Å². The molecule has 17 heteroatoms. The zero-order valence-corrected chi connectivity index (χ0v) is 40.6. The van der Waals surface area contributed by atoms with E-state index in [2.05, 4.69) is 55.7 Å². The fraction of sp³-hybridized carbons (Fsp3) is 0.469. The van der Waals surface area contributed by atoms with Crippen LogP contribution in [0.25, 0.3) is 11.1 Å². The van der Waals surface area contributed by atoms with Gasteiger partial charge in [0.2, 0.25) is 11.2 Å². The highest BCUT2D eigenvalue weighted by atomic mass is 35.5. The number of anilines is 1. The van der Waals surface area contributed by atoms with Crippen LogP contribution in [0.1, 0.15) is 127 Å². The molecule has 5 N–H and O–H groups in total. The summed E-state index contributed by atoms with van der Waals surface area (Å²) in [5, 5.41) is 9.22. The number of nitrogens with zero attached hydrogens (tertiary/aromatic N) is 5. The molecule has 4 atom stereocenters. The molecule has 13 nitrogen and oxygen atoms in total. The number of amides is 2. The number of benzene rings is 2. The third kappa shape index (κ3) is 15.9. The third-order valence-corrected chi connectivity index (χ3v) is 11.0. The molecule has 8 rings (SSSR count). The van der Waals surface area contributed by atoms with Gasteiger partial charge in [0, 0.05) is 42.4 Å². The molecule has 0 bridgehead atoms. The first-order chi connectivity index (χ1) is 31.3. The van der Waals surface area contributed by atoms with Gasteiger partial charge in [0.25, 0.3) is 0 Å². The second-order valence-electron chi connectivity index (χ2n) is 18.5. The molecule has 66 heavy (non-hydrogen) atoms. The Morgan fingerprint density at radius 1 is 0.727 bits per heavy atom. The van der Waals surface area contributed by atoms with Crippen LogP contribution in [0.5, 0.6) is 0 Å². The van der Waals surface area contributed by atoms with Gasteiger partial charge in [-0.1, -0.05) is 60.7 Å². The van der Waals surface area contributed by atoms with Crippen LogP contribution in [0.4, 0.5) is 24.3 Å². The summed E-state index contributed by atoms with van der Waals surface area (Å²) in [4.78, 5) is 39.8. The number of rotatable bonds is 6. The molecule has 2 fully saturated rings. The van der Waals surface area contributed by atoms with Gasteiger partial charge in [-0.05, 0) is 149 Å². The molecule has 0 spiro atoms. The van der Waals surface area contributed by atoms with Gasteiger partial charge < -0.3 is 31.2 Å². The van der Waals surface area contributed by atoms with E-state index in [-0.39, 0.29) is 41.2 Å². The maximum Gasteiger partial charge on any atom is 0.407 e. The molecule has 354 valence electrons. The molecule has 0 saturated heterocycles. The Morgan fingerprint density at radius 2 is 1.18 bits per heavy atom. The molecule has 4 aliphatic rings. The Hall–Kier alpha value is -5.37. The van der Waals surface area contributed by atoms with E-state index in [0.29, 0.717) is 11.6 Å². The Labute approximate surface area is 394 Å². The maximum atomic E-state index is 14.6. The van der Waals surface area contributed by atoms with Crippen LogP contribution in [0.15, 0.2) is 77.8 Å². The molecule has 2 heterocycles. The van der Waals surface area contributed by atoms with Crippen LogP contribution in [0, 0.1) is 11.6 Å². The second-order valence-corrected chi connectivity index (χ2v) is 19.3. The number of hydrogen-bond acceptors (Lipinski definition) is 11. The fourth-order valence-corrected chi connectivity index (χ4v) is 8.25. The Morgan fingerprint density at radius 3 is 1.70 bits per heavy atom. The SMILES string of the molecule is CC(C)(C)OC(=O)N[C@H]1CCC[C@@H](N)C1.CC(C)(C)OC(=O)N[C@H]1CCC[C@@H](Nc2ncc(F)c(C3=CCc4ccccc43)n2)C1.CN=P.Fc1cnc(Cl)nc1C1=CCc2ccccc21. The fourth-order valence-electron chi connectivity index (χ4n) is 8.12. The summed E-state index contributed by atoms with van der Waals surface area (Å²) in [6.07, 6.45) is 14.7. The minimum Gasteiger partial charge on any atom is -0.444 e. The molecular weight excluding hydrogens is 883 g/mol. The van der Waals surface area contributed by atoms with E-state index in [1.165, 1.54) is 17.3 Å². The monoisotopic (exact) mass is 945 g/mol. The zero-order chi connectivity index (χ0) is 48.0. The molecule has 2 aromatic carbocycles. The van der Waals surface area contributed by atoms with E-state index >= 15 is 0 Å². The van der Waals surface area contributed by atoms with Crippen molar-refractivity contribution in [1.29, 1.82) is 0 Å². The summed E-state index contributed by atoms with van der Waals surface area (Å²) in [5.74, 6) is -0.469. The zero-order valence-electron chi connectivity index (χ0n) is 38.9. The average molecular weight is 947 g/mol. The molecule has 2 amide bonds. The molecule has 4 aromatic rings. The highest BCUT2D eigenvalue weighted by Crippen LogP contribution is 2.34. The van der Waals surface area contributed by atoms with Gasteiger partial charge in [-0.15, -0.1) is 0 Å². The number of carbonyl (C=O) groups excluding carboxylic acids is 2. The topological polar surface area (TPSA) is 179 Å². The van der Waals surface area contributed by atoms with Gasteiger partial charge in [-0.25, -0.2) is 38.3 Å². The number of hydrogen-bond donors (Lipinski definition) is 4. The van der Waals surface area contributed by atoms with Crippen LogP contribution in [0.3, 0.4) is 0 Å². The van der Waals surface area contributed by atoms with E-state index in [9.17, 15) is 18.4 Å². The van der Waals surface area contributed by atoms with Crippen LogP contribution in [-0.4, -0.2) is 74.5 Å². The van der Waals surface area contributed by atoms with Gasteiger partial charge in [0.05, 0.1) is 12.4 Å².